The summed E-state index contributed by atoms with van der Waals surface area (Å²) in [5, 5.41) is 30.0. The van der Waals surface area contributed by atoms with E-state index in [4.69, 9.17) is 11.6 Å². The van der Waals surface area contributed by atoms with E-state index in [1.165, 1.54) is 24.3 Å². The molecule has 11 nitrogen and oxygen atoms in total. The lowest BCUT2D eigenvalue weighted by Gasteiger charge is -2.13. The van der Waals surface area contributed by atoms with Gasteiger partial charge in [-0.15, -0.1) is 5.10 Å². The van der Waals surface area contributed by atoms with Crippen LogP contribution < -0.4 is 16.9 Å². The molecular weight excluding hydrogens is 531 g/mol. The highest BCUT2D eigenvalue weighted by atomic mass is 19.4. The van der Waals surface area contributed by atoms with Crippen LogP contribution in [0.1, 0.15) is 66.7 Å². The number of halogens is 3. The number of benzene rings is 1. The van der Waals surface area contributed by atoms with Gasteiger partial charge in [0.1, 0.15) is 22.9 Å². The number of nitrogens with zero attached hydrogens (tertiary/aromatic N) is 4. The minimum atomic E-state index is -4.90. The Morgan fingerprint density at radius 3 is 2.38 bits per heavy atom. The number of aliphatic hydroxyl groups is 1. The summed E-state index contributed by atoms with van der Waals surface area (Å²) in [6.07, 6.45) is -0.0703. The normalized spacial score (nSPS) is 11.7. The Morgan fingerprint density at radius 1 is 1.25 bits per heavy atom. The van der Waals surface area contributed by atoms with Crippen LogP contribution in [-0.4, -0.2) is 49.3 Å². The van der Waals surface area contributed by atoms with Crippen molar-refractivity contribution >= 4 is 29.4 Å². The summed E-state index contributed by atoms with van der Waals surface area (Å²) in [5.41, 5.74) is 4.95. The number of nitrogens with two attached hydrogens (primary N) is 2. The average Bonchev–Trinajstić information content (AvgIpc) is 3.33. The van der Waals surface area contributed by atoms with Crippen LogP contribution in [0.3, 0.4) is 0 Å². The van der Waals surface area contributed by atoms with Gasteiger partial charge in [-0.1, -0.05) is 46.4 Å². The summed E-state index contributed by atoms with van der Waals surface area (Å²) in [5.74, 6) is 2.44. The third-order valence-corrected chi connectivity index (χ3v) is 4.56. The van der Waals surface area contributed by atoms with E-state index in [2.05, 4.69) is 22.1 Å². The van der Waals surface area contributed by atoms with Gasteiger partial charge < -0.3 is 21.3 Å². The Hall–Kier alpha value is -4.59. The second-order valence-corrected chi connectivity index (χ2v) is 7.34. The summed E-state index contributed by atoms with van der Waals surface area (Å²) in [6.45, 7) is 14.4. The standard InChI is InChI=1S/C22H24F3N7O4.2C2H6/c1-4-5-6-18(35)13(3)32-17(9-15(29-32)10-31(27)30-21(26)22(23,24)25)20(36)28-19-12(2)7-16(34)8-14(19)11-33;2*1-2/h4-9,11,34-35H,3,10,27H2,1-2H3,(H2,26,30)(H,28,36);2*1-2H3/b5-4-,18-6+;;. The van der Waals surface area contributed by atoms with Crippen LogP contribution in [0, 0.1) is 6.92 Å². The van der Waals surface area contributed by atoms with Crippen molar-refractivity contribution in [2.75, 3.05) is 5.32 Å². The van der Waals surface area contributed by atoms with Crippen molar-refractivity contribution in [3.63, 3.8) is 0 Å². The van der Waals surface area contributed by atoms with Gasteiger partial charge in [0.15, 0.2) is 6.29 Å². The summed E-state index contributed by atoms with van der Waals surface area (Å²) in [4.78, 5) is 24.6. The number of phenols is 1. The number of hydrogen-bond donors (Lipinski definition) is 5. The first-order valence-electron chi connectivity index (χ1n) is 12.1. The number of hydrazone groups is 1. The Kier molecular flexibility index (Phi) is 14.5. The fraction of sp³-hybridized carbons (Fsp3) is 0.308. The Morgan fingerprint density at radius 2 is 1.85 bits per heavy atom. The molecule has 0 fully saturated rings. The quantitative estimate of drug-likeness (QED) is 0.0411. The Bertz CT molecular complexity index is 1270. The van der Waals surface area contributed by atoms with E-state index in [9.17, 15) is 33.0 Å². The fourth-order valence-corrected chi connectivity index (χ4v) is 2.90. The molecule has 0 radical (unpaired) electrons. The topological polar surface area (TPSA) is 172 Å². The van der Waals surface area contributed by atoms with Crippen molar-refractivity contribution in [1.82, 2.24) is 14.9 Å². The van der Waals surface area contributed by atoms with Gasteiger partial charge in [-0.25, -0.2) is 15.6 Å². The number of allylic oxidation sites excluding steroid dienone is 4. The lowest BCUT2D eigenvalue weighted by Crippen LogP contribution is -2.36. The number of aryl methyl sites for hydroxylation is 1. The maximum Gasteiger partial charge on any atom is 0.450 e. The molecule has 0 aliphatic heterocycles. The predicted octanol–water partition coefficient (Wildman–Crippen LogP) is 5.01. The smallest absolute Gasteiger partial charge is 0.450 e. The first kappa shape index (κ1) is 35.4. The third-order valence-electron chi connectivity index (χ3n) is 4.56. The molecular formula is C26H36F3N7O4. The van der Waals surface area contributed by atoms with E-state index in [0.717, 1.165) is 10.7 Å². The molecule has 0 unspecified atom stereocenters. The summed E-state index contributed by atoms with van der Waals surface area (Å²) >= 11 is 0. The molecule has 1 heterocycles. The van der Waals surface area contributed by atoms with E-state index in [1.54, 1.807) is 19.9 Å². The fourth-order valence-electron chi connectivity index (χ4n) is 2.90. The Balaban J connectivity index is 0.00000363. The molecule has 2 rings (SSSR count). The number of carbonyl (C=O) groups excluding carboxylic acids is 2. The number of alkyl halides is 3. The van der Waals surface area contributed by atoms with Crippen molar-refractivity contribution in [2.45, 2.75) is 54.3 Å². The van der Waals surface area contributed by atoms with Gasteiger partial charge in [0.2, 0.25) is 5.84 Å². The van der Waals surface area contributed by atoms with Crippen molar-refractivity contribution < 1.29 is 33.0 Å². The summed E-state index contributed by atoms with van der Waals surface area (Å²) < 4.78 is 38.9. The molecule has 0 spiro atoms. The highest BCUT2D eigenvalue weighted by molar-refractivity contribution is 6.06. The number of aromatic hydroxyl groups is 1. The zero-order chi connectivity index (χ0) is 31.2. The zero-order valence-corrected chi connectivity index (χ0v) is 23.2. The summed E-state index contributed by atoms with van der Waals surface area (Å²) in [7, 11) is 0. The van der Waals surface area contributed by atoms with Gasteiger partial charge in [0.05, 0.1) is 17.9 Å². The number of aliphatic hydroxyl groups excluding tert-OH is 1. The van der Waals surface area contributed by atoms with Crippen LogP contribution >= 0.6 is 0 Å². The van der Waals surface area contributed by atoms with Gasteiger partial charge >= 0.3 is 6.18 Å². The van der Waals surface area contributed by atoms with Crippen molar-refractivity contribution in [1.29, 1.82) is 0 Å². The highest BCUT2D eigenvalue weighted by Crippen LogP contribution is 2.26. The number of carbonyl (C=O) groups is 2. The van der Waals surface area contributed by atoms with Crippen LogP contribution in [0.4, 0.5) is 18.9 Å². The number of amides is 1. The average molecular weight is 568 g/mol. The predicted molar refractivity (Wildman–Crippen MR) is 149 cm³/mol. The SMILES string of the molecule is C=C(/C(O)=C\C=C/C)n1nc(CN(N)/N=C(\N)C(F)(F)F)cc1C(=O)Nc1c(C)cc(O)cc1C=O.CC.CC. The molecule has 0 aliphatic rings. The van der Waals surface area contributed by atoms with Gasteiger partial charge in [0, 0.05) is 5.56 Å². The number of hydrazine groups is 1. The van der Waals surface area contributed by atoms with Crippen molar-refractivity contribution in [3.8, 4) is 5.75 Å². The number of aromatic nitrogens is 2. The molecule has 1 aromatic carbocycles. The summed E-state index contributed by atoms with van der Waals surface area (Å²) in [6, 6.07) is 3.66. The van der Waals surface area contributed by atoms with E-state index in [-0.39, 0.29) is 39.8 Å². The number of anilines is 1. The molecule has 7 N–H and O–H groups in total. The molecule has 0 aliphatic carbocycles. The van der Waals surface area contributed by atoms with E-state index in [1.807, 2.05) is 27.7 Å². The van der Waals surface area contributed by atoms with E-state index >= 15 is 0 Å². The van der Waals surface area contributed by atoms with Crippen LogP contribution in [0.5, 0.6) is 5.75 Å². The van der Waals surface area contributed by atoms with Gasteiger partial charge in [-0.3, -0.25) is 9.59 Å². The first-order valence-corrected chi connectivity index (χ1v) is 12.1. The Labute approximate surface area is 230 Å². The molecule has 1 amide bonds. The number of rotatable bonds is 9. The molecule has 0 saturated heterocycles. The van der Waals surface area contributed by atoms with E-state index in [0.29, 0.717) is 17.0 Å². The largest absolute Gasteiger partial charge is 0.508 e. The molecule has 2 aromatic rings. The van der Waals surface area contributed by atoms with Crippen LogP contribution in [0.15, 0.2) is 53.9 Å². The van der Waals surface area contributed by atoms with Gasteiger partial charge in [0.25, 0.3) is 5.91 Å². The number of aldehydes is 1. The molecule has 1 aromatic heterocycles. The molecule has 220 valence electrons. The number of hydrogen-bond acceptors (Lipinski definition) is 8. The van der Waals surface area contributed by atoms with Crippen LogP contribution in [-0.2, 0) is 6.54 Å². The molecule has 14 heteroatoms. The first-order chi connectivity index (χ1) is 18.8. The van der Waals surface area contributed by atoms with E-state index < -0.39 is 24.5 Å². The minimum Gasteiger partial charge on any atom is -0.508 e. The molecule has 0 atom stereocenters. The lowest BCUT2D eigenvalue weighted by atomic mass is 10.1. The molecule has 0 bridgehead atoms. The van der Waals surface area contributed by atoms with Crippen LogP contribution in [0.25, 0.3) is 5.70 Å². The number of amidine groups is 1. The molecule has 0 saturated carbocycles. The zero-order valence-electron chi connectivity index (χ0n) is 23.2. The van der Waals surface area contributed by atoms with Crippen molar-refractivity contribution in [3.05, 3.63) is 71.3 Å². The minimum absolute atomic E-state index is 0.00751. The highest BCUT2D eigenvalue weighted by Gasteiger charge is 2.34. The lowest BCUT2D eigenvalue weighted by molar-refractivity contribution is -0.0615. The number of phenolic OH excluding ortho intramolecular Hbond substituents is 1. The van der Waals surface area contributed by atoms with Crippen molar-refractivity contribution in [2.24, 2.45) is 16.7 Å². The monoisotopic (exact) mass is 567 g/mol. The van der Waals surface area contributed by atoms with Gasteiger partial charge in [-0.05, 0) is 43.7 Å². The van der Waals surface area contributed by atoms with Gasteiger partial charge in [-0.2, -0.15) is 18.3 Å². The second-order valence-electron chi connectivity index (χ2n) is 7.34. The maximum absolute atomic E-state index is 13.1. The van der Waals surface area contributed by atoms with Crippen LogP contribution in [0.2, 0.25) is 0 Å². The maximum atomic E-state index is 13.1. The molecule has 40 heavy (non-hydrogen) atoms. The third kappa shape index (κ3) is 9.94. The second kappa shape index (κ2) is 16.4. The number of nitrogens with one attached hydrogen (secondary N) is 1.